The largest absolute Gasteiger partial charge is 0.507 e. The van der Waals surface area contributed by atoms with E-state index < -0.39 is 0 Å². The first kappa shape index (κ1) is 13.0. The second kappa shape index (κ2) is 4.85. The zero-order valence-electron chi connectivity index (χ0n) is 10.2. The van der Waals surface area contributed by atoms with Gasteiger partial charge in [-0.1, -0.05) is 29.3 Å². The van der Waals surface area contributed by atoms with Gasteiger partial charge in [0.05, 0.1) is 5.02 Å². The first-order valence-electron chi connectivity index (χ1n) is 5.87. The van der Waals surface area contributed by atoms with E-state index in [1.165, 1.54) is 12.1 Å². The fraction of sp³-hybridized carbons (Fsp3) is 0. The SMILES string of the molecule is O=c1ccc2c(Cl)c(-c3ccc(Cl)cc3O)ccc2[nH]1. The van der Waals surface area contributed by atoms with Gasteiger partial charge in [-0.25, -0.2) is 0 Å². The maximum atomic E-state index is 11.3. The third-order valence-corrected chi connectivity index (χ3v) is 3.73. The summed E-state index contributed by atoms with van der Waals surface area (Å²) >= 11 is 12.2. The van der Waals surface area contributed by atoms with E-state index in [0.29, 0.717) is 26.7 Å². The molecular formula is C15H9Cl2NO2. The third-order valence-electron chi connectivity index (χ3n) is 3.09. The molecule has 20 heavy (non-hydrogen) atoms. The molecule has 0 fully saturated rings. The van der Waals surface area contributed by atoms with Crippen molar-refractivity contribution >= 4 is 34.1 Å². The van der Waals surface area contributed by atoms with Gasteiger partial charge in [0, 0.05) is 33.1 Å². The normalized spacial score (nSPS) is 10.9. The van der Waals surface area contributed by atoms with Crippen LogP contribution in [0.3, 0.4) is 0 Å². The Bertz CT molecular complexity index is 871. The first-order valence-corrected chi connectivity index (χ1v) is 6.62. The van der Waals surface area contributed by atoms with Crippen LogP contribution in [0.5, 0.6) is 5.75 Å². The number of H-pyrrole nitrogens is 1. The average molecular weight is 306 g/mol. The number of hydrogen-bond acceptors (Lipinski definition) is 2. The van der Waals surface area contributed by atoms with Gasteiger partial charge < -0.3 is 10.1 Å². The minimum atomic E-state index is -0.185. The van der Waals surface area contributed by atoms with Crippen molar-refractivity contribution in [3.05, 3.63) is 62.9 Å². The molecule has 3 aromatic rings. The highest BCUT2D eigenvalue weighted by Crippen LogP contribution is 2.38. The Labute approximate surface area is 124 Å². The summed E-state index contributed by atoms with van der Waals surface area (Å²) in [6, 6.07) is 11.4. The Morgan fingerprint density at radius 3 is 2.45 bits per heavy atom. The van der Waals surface area contributed by atoms with Gasteiger partial charge in [-0.3, -0.25) is 4.79 Å². The molecule has 0 aliphatic rings. The van der Waals surface area contributed by atoms with Crippen molar-refractivity contribution < 1.29 is 5.11 Å². The molecule has 0 aliphatic carbocycles. The minimum Gasteiger partial charge on any atom is -0.507 e. The van der Waals surface area contributed by atoms with Crippen LogP contribution >= 0.6 is 23.2 Å². The Kier molecular flexibility index (Phi) is 3.16. The number of aromatic nitrogens is 1. The van der Waals surface area contributed by atoms with Crippen molar-refractivity contribution in [1.82, 2.24) is 4.98 Å². The number of pyridine rings is 1. The molecule has 3 nitrogen and oxygen atoms in total. The standard InChI is InChI=1S/C15H9Cl2NO2/c16-8-1-2-9(13(19)7-8)10-3-5-12-11(15(10)17)4-6-14(20)18-12/h1-7,19H,(H,18,20). The minimum absolute atomic E-state index is 0.0585. The highest BCUT2D eigenvalue weighted by atomic mass is 35.5. The van der Waals surface area contributed by atoms with Gasteiger partial charge in [0.15, 0.2) is 0 Å². The van der Waals surface area contributed by atoms with Gasteiger partial charge in [-0.2, -0.15) is 0 Å². The van der Waals surface area contributed by atoms with Crippen LogP contribution in [0.15, 0.2) is 47.3 Å². The number of halogens is 2. The van der Waals surface area contributed by atoms with Crippen LogP contribution in [0.2, 0.25) is 10.0 Å². The van der Waals surface area contributed by atoms with Crippen LogP contribution in [0.1, 0.15) is 0 Å². The van der Waals surface area contributed by atoms with Crippen molar-refractivity contribution in [2.24, 2.45) is 0 Å². The molecule has 0 spiro atoms. The van der Waals surface area contributed by atoms with Crippen LogP contribution in [-0.2, 0) is 0 Å². The van der Waals surface area contributed by atoms with Gasteiger partial charge >= 0.3 is 0 Å². The number of aromatic amines is 1. The number of fused-ring (bicyclic) bond motifs is 1. The molecule has 2 N–H and O–H groups in total. The maximum Gasteiger partial charge on any atom is 0.248 e. The number of hydrogen-bond donors (Lipinski definition) is 2. The number of rotatable bonds is 1. The molecule has 0 amide bonds. The van der Waals surface area contributed by atoms with E-state index >= 15 is 0 Å². The fourth-order valence-corrected chi connectivity index (χ4v) is 2.63. The predicted octanol–water partition coefficient (Wildman–Crippen LogP) is 4.21. The van der Waals surface area contributed by atoms with Gasteiger partial charge in [0.25, 0.3) is 0 Å². The van der Waals surface area contributed by atoms with Crippen molar-refractivity contribution in [3.8, 4) is 16.9 Å². The first-order chi connectivity index (χ1) is 9.56. The van der Waals surface area contributed by atoms with E-state index in [0.717, 1.165) is 5.39 Å². The molecule has 1 heterocycles. The Morgan fingerprint density at radius 1 is 0.950 bits per heavy atom. The van der Waals surface area contributed by atoms with Crippen LogP contribution in [-0.4, -0.2) is 10.1 Å². The molecule has 100 valence electrons. The molecule has 3 rings (SSSR count). The molecular weight excluding hydrogens is 297 g/mol. The number of phenols is 1. The maximum absolute atomic E-state index is 11.3. The second-order valence-corrected chi connectivity index (χ2v) is 5.19. The Balaban J connectivity index is 2.29. The summed E-state index contributed by atoms with van der Waals surface area (Å²) in [4.78, 5) is 14.0. The van der Waals surface area contributed by atoms with E-state index in [-0.39, 0.29) is 11.3 Å². The molecule has 0 atom stereocenters. The monoisotopic (exact) mass is 305 g/mol. The zero-order chi connectivity index (χ0) is 14.3. The number of benzene rings is 2. The molecule has 1 aromatic heterocycles. The number of aromatic hydroxyl groups is 1. The molecule has 0 radical (unpaired) electrons. The molecule has 5 heteroatoms. The van der Waals surface area contributed by atoms with Crippen molar-refractivity contribution in [1.29, 1.82) is 0 Å². The lowest BCUT2D eigenvalue weighted by atomic mass is 10.0. The summed E-state index contributed by atoms with van der Waals surface area (Å²) in [7, 11) is 0. The van der Waals surface area contributed by atoms with E-state index in [4.69, 9.17) is 23.2 Å². The summed E-state index contributed by atoms with van der Waals surface area (Å²) in [6.45, 7) is 0. The van der Waals surface area contributed by atoms with E-state index in [1.54, 1.807) is 30.3 Å². The quantitative estimate of drug-likeness (QED) is 0.707. The van der Waals surface area contributed by atoms with Gasteiger partial charge in [-0.15, -0.1) is 0 Å². The van der Waals surface area contributed by atoms with Crippen molar-refractivity contribution in [2.75, 3.05) is 0 Å². The molecule has 0 bridgehead atoms. The molecule has 0 saturated heterocycles. The summed E-state index contributed by atoms with van der Waals surface area (Å²) in [5.74, 6) is 0.0585. The lowest BCUT2D eigenvalue weighted by molar-refractivity contribution is 0.477. The van der Waals surface area contributed by atoms with Crippen LogP contribution < -0.4 is 5.56 Å². The summed E-state index contributed by atoms with van der Waals surface area (Å²) in [5, 5.41) is 11.6. The van der Waals surface area contributed by atoms with E-state index in [9.17, 15) is 9.90 Å². The highest BCUT2D eigenvalue weighted by molar-refractivity contribution is 6.38. The lowest BCUT2D eigenvalue weighted by Gasteiger charge is -2.09. The topological polar surface area (TPSA) is 53.1 Å². The van der Waals surface area contributed by atoms with Crippen LogP contribution in [0.4, 0.5) is 0 Å². The predicted molar refractivity (Wildman–Crippen MR) is 81.7 cm³/mol. The van der Waals surface area contributed by atoms with Crippen molar-refractivity contribution in [3.63, 3.8) is 0 Å². The Hall–Kier alpha value is -1.97. The van der Waals surface area contributed by atoms with Gasteiger partial charge in [0.2, 0.25) is 5.56 Å². The number of nitrogens with one attached hydrogen (secondary N) is 1. The third kappa shape index (κ3) is 2.15. The highest BCUT2D eigenvalue weighted by Gasteiger charge is 2.11. The molecule has 0 unspecified atom stereocenters. The summed E-state index contributed by atoms with van der Waals surface area (Å²) in [6.07, 6.45) is 0. The van der Waals surface area contributed by atoms with Gasteiger partial charge in [0.1, 0.15) is 5.75 Å². The molecule has 0 aliphatic heterocycles. The molecule has 2 aromatic carbocycles. The second-order valence-electron chi connectivity index (χ2n) is 4.37. The lowest BCUT2D eigenvalue weighted by Crippen LogP contribution is -2.02. The fourth-order valence-electron chi connectivity index (χ4n) is 2.14. The average Bonchev–Trinajstić information content (AvgIpc) is 2.40. The van der Waals surface area contributed by atoms with E-state index in [2.05, 4.69) is 4.98 Å². The van der Waals surface area contributed by atoms with Gasteiger partial charge in [-0.05, 0) is 30.3 Å². The van der Waals surface area contributed by atoms with Crippen LogP contribution in [0.25, 0.3) is 22.0 Å². The summed E-state index contributed by atoms with van der Waals surface area (Å²) < 4.78 is 0. The van der Waals surface area contributed by atoms with E-state index in [1.807, 2.05) is 0 Å². The smallest absolute Gasteiger partial charge is 0.248 e. The van der Waals surface area contributed by atoms with Crippen molar-refractivity contribution in [2.45, 2.75) is 0 Å². The molecule has 0 saturated carbocycles. The Morgan fingerprint density at radius 2 is 1.70 bits per heavy atom. The number of phenolic OH excluding ortho intramolecular Hbond substituents is 1. The summed E-state index contributed by atoms with van der Waals surface area (Å²) in [5.41, 5.74) is 1.74. The van der Waals surface area contributed by atoms with Crippen LogP contribution in [0, 0.1) is 0 Å². The zero-order valence-corrected chi connectivity index (χ0v) is 11.7.